The fraction of sp³-hybridized carbons (Fsp3) is 0.308. The predicted octanol–water partition coefficient (Wildman–Crippen LogP) is 3.07. The summed E-state index contributed by atoms with van der Waals surface area (Å²) < 4.78 is 10.6. The van der Waals surface area contributed by atoms with E-state index < -0.39 is 0 Å². The van der Waals surface area contributed by atoms with E-state index in [0.29, 0.717) is 23.3 Å². The summed E-state index contributed by atoms with van der Waals surface area (Å²) in [6.45, 7) is 4.56. The monoisotopic (exact) mass is 294 g/mol. The van der Waals surface area contributed by atoms with Crippen molar-refractivity contribution in [2.24, 2.45) is 0 Å². The summed E-state index contributed by atoms with van der Waals surface area (Å²) in [5.74, 6) is 0.875. The molecule has 7 heteroatoms. The number of aryl methyl sites for hydroxylation is 1. The number of anilines is 1. The molecule has 0 aliphatic carbocycles. The molecule has 0 bridgehead atoms. The average Bonchev–Trinajstić information content (AvgIpc) is 2.43. The standard InChI is InChI=1S/C13H15ClN4O2/c1-4-15-11-16-12(19-3)18-13(17-11)20-10-7-8(2)5-6-9(10)14/h5-7H,4H2,1-3H3,(H,15,16,17,18). The molecule has 0 aliphatic rings. The highest BCUT2D eigenvalue weighted by Gasteiger charge is 2.10. The van der Waals surface area contributed by atoms with E-state index in [4.69, 9.17) is 21.1 Å². The Morgan fingerprint density at radius 2 is 1.95 bits per heavy atom. The molecule has 2 rings (SSSR count). The van der Waals surface area contributed by atoms with E-state index in [-0.39, 0.29) is 12.0 Å². The number of rotatable bonds is 5. The van der Waals surface area contributed by atoms with Gasteiger partial charge < -0.3 is 14.8 Å². The van der Waals surface area contributed by atoms with Gasteiger partial charge in [-0.15, -0.1) is 4.98 Å². The first-order chi connectivity index (χ1) is 9.62. The van der Waals surface area contributed by atoms with E-state index in [0.717, 1.165) is 5.56 Å². The van der Waals surface area contributed by atoms with Crippen LogP contribution in [-0.2, 0) is 0 Å². The Morgan fingerprint density at radius 1 is 1.20 bits per heavy atom. The lowest BCUT2D eigenvalue weighted by Gasteiger charge is -2.09. The average molecular weight is 295 g/mol. The van der Waals surface area contributed by atoms with Crippen molar-refractivity contribution in [3.8, 4) is 17.8 Å². The van der Waals surface area contributed by atoms with Crippen LogP contribution in [0.5, 0.6) is 17.8 Å². The number of hydrogen-bond acceptors (Lipinski definition) is 6. The SMILES string of the molecule is CCNc1nc(OC)nc(Oc2cc(C)ccc2Cl)n1. The van der Waals surface area contributed by atoms with Gasteiger partial charge in [-0.25, -0.2) is 0 Å². The van der Waals surface area contributed by atoms with Crippen molar-refractivity contribution in [3.63, 3.8) is 0 Å². The van der Waals surface area contributed by atoms with Crippen LogP contribution in [-0.4, -0.2) is 28.6 Å². The van der Waals surface area contributed by atoms with Gasteiger partial charge in [0.15, 0.2) is 0 Å². The topological polar surface area (TPSA) is 69.2 Å². The largest absolute Gasteiger partial charge is 0.467 e. The van der Waals surface area contributed by atoms with Crippen molar-refractivity contribution in [3.05, 3.63) is 28.8 Å². The highest BCUT2D eigenvalue weighted by atomic mass is 35.5. The summed E-state index contributed by atoms with van der Waals surface area (Å²) in [7, 11) is 1.48. The van der Waals surface area contributed by atoms with Crippen molar-refractivity contribution >= 4 is 17.5 Å². The van der Waals surface area contributed by atoms with Crippen molar-refractivity contribution in [1.29, 1.82) is 0 Å². The molecule has 20 heavy (non-hydrogen) atoms. The van der Waals surface area contributed by atoms with Crippen LogP contribution in [0.2, 0.25) is 5.02 Å². The van der Waals surface area contributed by atoms with Crippen LogP contribution in [0.15, 0.2) is 18.2 Å². The highest BCUT2D eigenvalue weighted by Crippen LogP contribution is 2.29. The molecule has 0 unspecified atom stereocenters. The summed E-state index contributed by atoms with van der Waals surface area (Å²) in [6, 6.07) is 5.77. The third kappa shape index (κ3) is 3.48. The van der Waals surface area contributed by atoms with Gasteiger partial charge in [0.25, 0.3) is 0 Å². The third-order valence-electron chi connectivity index (χ3n) is 2.40. The Labute approximate surface area is 122 Å². The van der Waals surface area contributed by atoms with Crippen LogP contribution < -0.4 is 14.8 Å². The number of aromatic nitrogens is 3. The molecule has 0 aliphatic heterocycles. The van der Waals surface area contributed by atoms with E-state index in [2.05, 4.69) is 20.3 Å². The van der Waals surface area contributed by atoms with E-state index >= 15 is 0 Å². The van der Waals surface area contributed by atoms with Crippen molar-refractivity contribution < 1.29 is 9.47 Å². The molecule has 0 spiro atoms. The van der Waals surface area contributed by atoms with Crippen LogP contribution >= 0.6 is 11.6 Å². The van der Waals surface area contributed by atoms with Crippen LogP contribution in [0.1, 0.15) is 12.5 Å². The maximum atomic E-state index is 6.08. The molecular formula is C13H15ClN4O2. The quantitative estimate of drug-likeness (QED) is 0.914. The maximum absolute atomic E-state index is 6.08. The Bertz CT molecular complexity index is 607. The van der Waals surface area contributed by atoms with Gasteiger partial charge in [-0.05, 0) is 31.5 Å². The molecule has 106 valence electrons. The third-order valence-corrected chi connectivity index (χ3v) is 2.71. The van der Waals surface area contributed by atoms with Crippen LogP contribution in [0, 0.1) is 6.92 Å². The van der Waals surface area contributed by atoms with Gasteiger partial charge in [0.2, 0.25) is 5.95 Å². The molecule has 0 saturated heterocycles. The summed E-state index contributed by atoms with van der Waals surface area (Å²) in [6.07, 6.45) is 0. The fourth-order valence-corrected chi connectivity index (χ4v) is 1.66. The summed E-state index contributed by atoms with van der Waals surface area (Å²) in [5, 5.41) is 3.47. The second-order valence-corrected chi connectivity index (χ2v) is 4.40. The molecule has 2 aromatic rings. The number of ether oxygens (including phenoxy) is 2. The highest BCUT2D eigenvalue weighted by molar-refractivity contribution is 6.32. The molecule has 1 heterocycles. The van der Waals surface area contributed by atoms with Crippen molar-refractivity contribution in [2.75, 3.05) is 19.0 Å². The van der Waals surface area contributed by atoms with E-state index in [1.54, 1.807) is 6.07 Å². The summed E-state index contributed by atoms with van der Waals surface area (Å²) in [4.78, 5) is 12.2. The molecule has 0 fully saturated rings. The number of hydrogen-bond donors (Lipinski definition) is 1. The lowest BCUT2D eigenvalue weighted by Crippen LogP contribution is -2.06. The molecule has 0 atom stereocenters. The van der Waals surface area contributed by atoms with Gasteiger partial charge in [0.05, 0.1) is 12.1 Å². The smallest absolute Gasteiger partial charge is 0.330 e. The van der Waals surface area contributed by atoms with Crippen LogP contribution in [0.3, 0.4) is 0 Å². The lowest BCUT2D eigenvalue weighted by atomic mass is 10.2. The van der Waals surface area contributed by atoms with Gasteiger partial charge in [-0.3, -0.25) is 0 Å². The van der Waals surface area contributed by atoms with Gasteiger partial charge in [-0.1, -0.05) is 17.7 Å². The minimum Gasteiger partial charge on any atom is -0.467 e. The maximum Gasteiger partial charge on any atom is 0.330 e. The normalized spacial score (nSPS) is 10.2. The number of nitrogens with one attached hydrogen (secondary N) is 1. The zero-order valence-corrected chi connectivity index (χ0v) is 12.2. The molecule has 0 saturated carbocycles. The Morgan fingerprint density at radius 3 is 2.65 bits per heavy atom. The number of benzene rings is 1. The van der Waals surface area contributed by atoms with Gasteiger partial charge in [0.1, 0.15) is 5.75 Å². The number of nitrogens with zero attached hydrogens (tertiary/aromatic N) is 3. The Balaban J connectivity index is 2.32. The van der Waals surface area contributed by atoms with E-state index in [1.165, 1.54) is 7.11 Å². The van der Waals surface area contributed by atoms with Crippen molar-refractivity contribution in [1.82, 2.24) is 15.0 Å². The second-order valence-electron chi connectivity index (χ2n) is 3.99. The predicted molar refractivity (Wildman–Crippen MR) is 76.8 cm³/mol. The zero-order valence-electron chi connectivity index (χ0n) is 11.5. The molecule has 1 N–H and O–H groups in total. The van der Waals surface area contributed by atoms with Gasteiger partial charge in [0, 0.05) is 6.54 Å². The van der Waals surface area contributed by atoms with Crippen LogP contribution in [0.4, 0.5) is 5.95 Å². The van der Waals surface area contributed by atoms with Gasteiger partial charge >= 0.3 is 12.0 Å². The molecular weight excluding hydrogens is 280 g/mol. The first-order valence-corrected chi connectivity index (χ1v) is 6.48. The number of halogens is 1. The molecule has 6 nitrogen and oxygen atoms in total. The first-order valence-electron chi connectivity index (χ1n) is 6.10. The Hall–Kier alpha value is -2.08. The summed E-state index contributed by atoms with van der Waals surface area (Å²) >= 11 is 6.08. The fourth-order valence-electron chi connectivity index (χ4n) is 1.50. The van der Waals surface area contributed by atoms with Gasteiger partial charge in [-0.2, -0.15) is 9.97 Å². The Kier molecular flexibility index (Phi) is 4.57. The minimum atomic E-state index is 0.125. The first kappa shape index (κ1) is 14.3. The zero-order chi connectivity index (χ0) is 14.5. The molecule has 0 radical (unpaired) electrons. The molecule has 1 aromatic carbocycles. The minimum absolute atomic E-state index is 0.125. The summed E-state index contributed by atoms with van der Waals surface area (Å²) in [5.41, 5.74) is 1.03. The lowest BCUT2D eigenvalue weighted by molar-refractivity contribution is 0.360. The second kappa shape index (κ2) is 6.38. The van der Waals surface area contributed by atoms with Crippen LogP contribution in [0.25, 0.3) is 0 Å². The van der Waals surface area contributed by atoms with Crippen molar-refractivity contribution in [2.45, 2.75) is 13.8 Å². The molecule has 0 amide bonds. The van der Waals surface area contributed by atoms with E-state index in [9.17, 15) is 0 Å². The molecule has 1 aromatic heterocycles. The number of methoxy groups -OCH3 is 1. The van der Waals surface area contributed by atoms with E-state index in [1.807, 2.05) is 26.0 Å².